The van der Waals surface area contributed by atoms with Crippen molar-refractivity contribution >= 4 is 141 Å². The lowest BCUT2D eigenvalue weighted by molar-refractivity contribution is -0.142. The molecule has 6 nitrogen and oxygen atoms in total. The number of amides is 4. The summed E-state index contributed by atoms with van der Waals surface area (Å²) < 4.78 is 1.88. The van der Waals surface area contributed by atoms with E-state index in [1.54, 1.807) is 9.80 Å². The molecule has 2 saturated heterocycles. The van der Waals surface area contributed by atoms with E-state index in [0.29, 0.717) is 24.9 Å². The van der Waals surface area contributed by atoms with Crippen LogP contribution in [0.25, 0.3) is 21.5 Å². The SMILES string of the molecule is CCCCCCCCCCCCC(CCCCCCCCCC)CN1C(=O)C2C(Br)c3cc4c(Br)c5cc6c(cc5c(Br)c4cc3C(Br)C2C1=O)C(Br)C1C(=O)N(CC(CCCCCCCCCC)CCCCCCCCCCCC)C(=O)C1C6Br. The Labute approximate surface area is 572 Å². The van der Waals surface area contributed by atoms with Gasteiger partial charge in [-0.3, -0.25) is 29.0 Å². The Morgan fingerprint density at radius 3 is 0.663 bits per heavy atom. The molecule has 7 rings (SSSR count). The van der Waals surface area contributed by atoms with Crippen LogP contribution in [0.2, 0.25) is 0 Å². The number of alkyl halides is 4. The summed E-state index contributed by atoms with van der Waals surface area (Å²) >= 11 is 24.6. The first-order valence-electron chi connectivity index (χ1n) is 35.5. The lowest BCUT2D eigenvalue weighted by Gasteiger charge is -2.35. The third kappa shape index (κ3) is 19.2. The highest BCUT2D eigenvalue weighted by molar-refractivity contribution is 9.11. The van der Waals surface area contributed by atoms with Crippen molar-refractivity contribution in [3.63, 3.8) is 0 Å². The summed E-state index contributed by atoms with van der Waals surface area (Å²) in [5.74, 6) is -1.54. The molecular weight excluding hydrogens is 1460 g/mol. The summed E-state index contributed by atoms with van der Waals surface area (Å²) in [6.45, 7) is 10.1. The van der Waals surface area contributed by atoms with Gasteiger partial charge < -0.3 is 0 Å². The zero-order valence-electron chi connectivity index (χ0n) is 53.6. The van der Waals surface area contributed by atoms with Crippen molar-refractivity contribution in [2.75, 3.05) is 13.1 Å². The maximum absolute atomic E-state index is 14.8. The van der Waals surface area contributed by atoms with Crippen LogP contribution in [-0.4, -0.2) is 46.5 Å². The second-order valence-electron chi connectivity index (χ2n) is 27.2. The Hall–Kier alpha value is -0.660. The molecule has 3 aromatic carbocycles. The molecule has 2 aliphatic heterocycles. The molecular formula is C74H110Br6N2O4. The third-order valence-electron chi connectivity index (χ3n) is 20.6. The van der Waals surface area contributed by atoms with Crippen LogP contribution in [0.1, 0.15) is 326 Å². The van der Waals surface area contributed by atoms with Crippen LogP contribution in [0.15, 0.2) is 33.2 Å². The fourth-order valence-corrected chi connectivity index (χ4v) is 20.4. The zero-order valence-corrected chi connectivity index (χ0v) is 63.1. The van der Waals surface area contributed by atoms with Gasteiger partial charge in [0.25, 0.3) is 0 Å². The van der Waals surface area contributed by atoms with Crippen LogP contribution in [0.4, 0.5) is 0 Å². The number of unbranched alkanes of at least 4 members (excludes halogenated alkanes) is 32. The largest absolute Gasteiger partial charge is 0.282 e. The van der Waals surface area contributed by atoms with E-state index in [-0.39, 0.29) is 42.9 Å². The van der Waals surface area contributed by atoms with E-state index in [1.807, 2.05) is 0 Å². The average molecular weight is 1570 g/mol. The number of hydrogen-bond donors (Lipinski definition) is 0. The molecule has 0 aromatic heterocycles. The van der Waals surface area contributed by atoms with E-state index in [4.69, 9.17) is 0 Å². The molecule has 0 N–H and O–H groups in total. The maximum atomic E-state index is 14.8. The highest BCUT2D eigenvalue weighted by atomic mass is 79.9. The zero-order chi connectivity index (χ0) is 61.5. The van der Waals surface area contributed by atoms with Crippen molar-refractivity contribution in [3.8, 4) is 0 Å². The second-order valence-corrected chi connectivity index (χ2v) is 32.7. The van der Waals surface area contributed by atoms with Crippen molar-refractivity contribution in [1.29, 1.82) is 0 Å². The van der Waals surface area contributed by atoms with Gasteiger partial charge in [-0.15, -0.1) is 0 Å². The molecule has 4 aliphatic rings. The number of carbonyl (C=O) groups excluding carboxylic acids is 4. The van der Waals surface area contributed by atoms with Crippen molar-refractivity contribution in [2.45, 2.75) is 304 Å². The highest BCUT2D eigenvalue weighted by Crippen LogP contribution is 2.60. The van der Waals surface area contributed by atoms with Gasteiger partial charge in [0, 0.05) is 22.0 Å². The Kier molecular flexibility index (Phi) is 32.6. The number of halogens is 6. The first-order chi connectivity index (χ1) is 41.8. The number of nitrogens with zero attached hydrogens (tertiary/aromatic N) is 2. The van der Waals surface area contributed by atoms with Gasteiger partial charge in [-0.25, -0.2) is 0 Å². The number of hydrogen-bond acceptors (Lipinski definition) is 4. The van der Waals surface area contributed by atoms with E-state index in [0.717, 1.165) is 104 Å². The van der Waals surface area contributed by atoms with Gasteiger partial charge in [0.15, 0.2) is 0 Å². The van der Waals surface area contributed by atoms with E-state index in [2.05, 4.69) is 148 Å². The quantitative estimate of drug-likeness (QED) is 0.0245. The fourth-order valence-electron chi connectivity index (χ4n) is 15.3. The summed E-state index contributed by atoms with van der Waals surface area (Å²) in [6, 6.07) is 8.91. The van der Waals surface area contributed by atoms with Crippen molar-refractivity contribution < 1.29 is 19.2 Å². The van der Waals surface area contributed by atoms with Gasteiger partial charge in [0.1, 0.15) is 0 Å². The number of benzene rings is 3. The molecule has 0 saturated carbocycles. The lowest BCUT2D eigenvalue weighted by atomic mass is 9.75. The first-order valence-corrected chi connectivity index (χ1v) is 40.7. The summed E-state index contributed by atoms with van der Waals surface area (Å²) in [5.41, 5.74) is 4.11. The number of likely N-dealkylation sites (tertiary alicyclic amines) is 2. The predicted octanol–water partition coefficient (Wildman–Crippen LogP) is 25.4. The Morgan fingerprint density at radius 2 is 0.477 bits per heavy atom. The number of imide groups is 2. The molecule has 3 aromatic rings. The minimum atomic E-state index is -0.503. The Morgan fingerprint density at radius 1 is 0.302 bits per heavy atom. The number of rotatable bonds is 44. The van der Waals surface area contributed by atoms with Crippen LogP contribution < -0.4 is 0 Å². The molecule has 2 heterocycles. The van der Waals surface area contributed by atoms with Gasteiger partial charge in [-0.1, -0.05) is 323 Å². The van der Waals surface area contributed by atoms with E-state index in [9.17, 15) is 19.2 Å². The van der Waals surface area contributed by atoms with Crippen LogP contribution in [0.3, 0.4) is 0 Å². The van der Waals surface area contributed by atoms with Crippen molar-refractivity contribution in [2.24, 2.45) is 35.5 Å². The van der Waals surface area contributed by atoms with Crippen LogP contribution in [0, 0.1) is 35.5 Å². The summed E-state index contributed by atoms with van der Waals surface area (Å²) in [4.78, 5) is 61.4. The summed E-state index contributed by atoms with van der Waals surface area (Å²) in [6.07, 6.45) is 50.6. The molecule has 0 radical (unpaired) electrons. The van der Waals surface area contributed by atoms with E-state index in [1.165, 1.54) is 205 Å². The molecule has 10 unspecified atom stereocenters. The number of carbonyl (C=O) groups is 4. The fraction of sp³-hybridized carbons (Fsp3) is 0.757. The van der Waals surface area contributed by atoms with E-state index >= 15 is 0 Å². The number of fused-ring (bicyclic) bond motifs is 6. The molecule has 482 valence electrons. The normalized spacial score (nSPS) is 22.6. The van der Waals surface area contributed by atoms with Crippen LogP contribution in [0.5, 0.6) is 0 Å². The Bertz CT molecular complexity index is 2310. The smallest absolute Gasteiger partial charge is 0.234 e. The topological polar surface area (TPSA) is 74.8 Å². The molecule has 2 aliphatic carbocycles. The Balaban J connectivity index is 1.05. The standard InChI is InChI=1S/C74H110Br6N2O4/c1-5-9-13-17-21-25-27-31-35-39-43-51(41-37-33-29-23-19-15-11-7-3)49-81-71(83)61-62(72(81)84)68(78)58-46-54-53(45-57(58)67(61)77)65(75)55-47-59-60(48-56(55)66(54)76)70(80)64-63(69(59)79)73(85)82(74(64)86)50-52(42-38-34-30-24-20-16-12-8-4)44-40-36-32-28-26-22-18-14-10-6-2/h45-48,51-52,61-64,67-70H,5-44,49-50H2,1-4H3. The molecule has 2 fully saturated rings. The van der Waals surface area contributed by atoms with Crippen molar-refractivity contribution in [1.82, 2.24) is 9.80 Å². The predicted molar refractivity (Wildman–Crippen MR) is 385 cm³/mol. The van der Waals surface area contributed by atoms with Gasteiger partial charge in [0.2, 0.25) is 23.6 Å². The van der Waals surface area contributed by atoms with Gasteiger partial charge in [-0.2, -0.15) is 0 Å². The van der Waals surface area contributed by atoms with Gasteiger partial charge in [0.05, 0.1) is 43.0 Å². The van der Waals surface area contributed by atoms with Crippen molar-refractivity contribution in [3.05, 3.63) is 55.5 Å². The average Bonchev–Trinajstić information content (AvgIpc) is 1.39. The molecule has 10 atom stereocenters. The first kappa shape index (κ1) is 72.8. The summed E-state index contributed by atoms with van der Waals surface area (Å²) in [7, 11) is 0. The van der Waals surface area contributed by atoms with Crippen LogP contribution in [-0.2, 0) is 19.2 Å². The second kappa shape index (κ2) is 38.5. The van der Waals surface area contributed by atoms with E-state index < -0.39 is 23.7 Å². The lowest BCUT2D eigenvalue weighted by Crippen LogP contribution is -2.36. The third-order valence-corrected chi connectivity index (χ3v) is 26.5. The molecule has 0 bridgehead atoms. The molecule has 86 heavy (non-hydrogen) atoms. The molecule has 4 amide bonds. The maximum Gasteiger partial charge on any atom is 0.234 e. The summed E-state index contributed by atoms with van der Waals surface area (Å²) in [5, 5.41) is 4.05. The highest BCUT2D eigenvalue weighted by Gasteiger charge is 2.58. The van der Waals surface area contributed by atoms with Gasteiger partial charge >= 0.3 is 0 Å². The monoisotopic (exact) mass is 1560 g/mol. The minimum Gasteiger partial charge on any atom is -0.282 e. The minimum absolute atomic E-state index is 0.0379. The molecule has 12 heteroatoms. The van der Waals surface area contributed by atoms with Crippen LogP contribution >= 0.6 is 95.6 Å². The van der Waals surface area contributed by atoms with Gasteiger partial charge in [-0.05, 0) is 137 Å². The molecule has 0 spiro atoms.